The van der Waals surface area contributed by atoms with E-state index in [0.29, 0.717) is 36.2 Å². The van der Waals surface area contributed by atoms with Crippen LogP contribution < -0.4 is 4.90 Å². The maximum Gasteiger partial charge on any atom is 0.445 e. The van der Waals surface area contributed by atoms with Crippen LogP contribution in [-0.4, -0.2) is 48.7 Å². The number of halogens is 3. The number of rotatable bonds is 4. The van der Waals surface area contributed by atoms with Gasteiger partial charge in [-0.3, -0.25) is 0 Å². The van der Waals surface area contributed by atoms with Crippen LogP contribution in [0.15, 0.2) is 0 Å². The second-order valence-electron chi connectivity index (χ2n) is 5.54. The standard InChI is InChI=1S/C13H18F3N3O2S/c14-13(15,16)11-17-18-12(22-11)19-5-3-9(4-6-19)21-8-10-2-1-7-20-10/h9-10H,1-8H2. The SMILES string of the molecule is FC(F)(F)c1nnc(N2CCC(OCC3CCCO3)CC2)s1. The molecule has 2 aliphatic rings. The first kappa shape index (κ1) is 15.9. The fourth-order valence-corrected chi connectivity index (χ4v) is 3.45. The predicted octanol–water partition coefficient (Wildman–Crippen LogP) is 2.72. The van der Waals surface area contributed by atoms with Crippen LogP contribution in [0.1, 0.15) is 30.7 Å². The highest BCUT2D eigenvalue weighted by Crippen LogP contribution is 2.35. The first-order chi connectivity index (χ1) is 10.5. The average molecular weight is 337 g/mol. The van der Waals surface area contributed by atoms with Crippen LogP contribution in [0.25, 0.3) is 0 Å². The van der Waals surface area contributed by atoms with Crippen molar-refractivity contribution in [3.63, 3.8) is 0 Å². The molecule has 2 saturated heterocycles. The van der Waals surface area contributed by atoms with Crippen LogP contribution in [0.5, 0.6) is 0 Å². The molecule has 9 heteroatoms. The average Bonchev–Trinajstić information content (AvgIpc) is 3.16. The Hall–Kier alpha value is -0.930. The second kappa shape index (κ2) is 6.67. The number of aromatic nitrogens is 2. The van der Waals surface area contributed by atoms with Crippen LogP contribution in [0.4, 0.5) is 18.3 Å². The molecule has 1 unspecified atom stereocenters. The van der Waals surface area contributed by atoms with Crippen molar-refractivity contribution in [2.24, 2.45) is 0 Å². The van der Waals surface area contributed by atoms with Crippen molar-refractivity contribution in [1.82, 2.24) is 10.2 Å². The van der Waals surface area contributed by atoms with Gasteiger partial charge in [-0.1, -0.05) is 11.3 Å². The molecule has 0 spiro atoms. The molecule has 5 nitrogen and oxygen atoms in total. The highest BCUT2D eigenvalue weighted by molar-refractivity contribution is 7.15. The van der Waals surface area contributed by atoms with Gasteiger partial charge < -0.3 is 14.4 Å². The summed E-state index contributed by atoms with van der Waals surface area (Å²) < 4.78 is 49.0. The lowest BCUT2D eigenvalue weighted by atomic mass is 10.1. The summed E-state index contributed by atoms with van der Waals surface area (Å²) in [5.41, 5.74) is 0. The zero-order chi connectivity index (χ0) is 15.6. The Morgan fingerprint density at radius 1 is 1.23 bits per heavy atom. The summed E-state index contributed by atoms with van der Waals surface area (Å²) in [4.78, 5) is 1.85. The van der Waals surface area contributed by atoms with Crippen molar-refractivity contribution >= 4 is 16.5 Å². The minimum absolute atomic E-state index is 0.149. The maximum atomic E-state index is 12.5. The largest absolute Gasteiger partial charge is 0.445 e. The van der Waals surface area contributed by atoms with Crippen LogP contribution in [0, 0.1) is 0 Å². The van der Waals surface area contributed by atoms with Crippen molar-refractivity contribution < 1.29 is 22.6 Å². The van der Waals surface area contributed by atoms with E-state index >= 15 is 0 Å². The van der Waals surface area contributed by atoms with E-state index < -0.39 is 11.2 Å². The highest BCUT2D eigenvalue weighted by Gasteiger charge is 2.36. The fourth-order valence-electron chi connectivity index (χ4n) is 2.69. The molecule has 1 aromatic heterocycles. The van der Waals surface area contributed by atoms with E-state index in [1.54, 1.807) is 0 Å². The molecule has 2 aliphatic heterocycles. The summed E-state index contributed by atoms with van der Waals surface area (Å²) in [5.74, 6) is 0. The molecule has 0 bridgehead atoms. The number of anilines is 1. The van der Waals surface area contributed by atoms with Gasteiger partial charge in [0.1, 0.15) is 0 Å². The Balaban J connectivity index is 1.46. The molecule has 1 atom stereocenters. The first-order valence-electron chi connectivity index (χ1n) is 7.41. The molecule has 3 rings (SSSR count). The van der Waals surface area contributed by atoms with Crippen LogP contribution in [0.2, 0.25) is 0 Å². The van der Waals surface area contributed by atoms with Crippen molar-refractivity contribution in [1.29, 1.82) is 0 Å². The molecule has 22 heavy (non-hydrogen) atoms. The number of piperidine rings is 1. The molecular formula is C13H18F3N3O2S. The monoisotopic (exact) mass is 337 g/mol. The Kier molecular flexibility index (Phi) is 4.84. The summed E-state index contributed by atoms with van der Waals surface area (Å²) in [6, 6.07) is 0. The van der Waals surface area contributed by atoms with Gasteiger partial charge in [-0.15, -0.1) is 10.2 Å². The lowest BCUT2D eigenvalue weighted by Gasteiger charge is -2.31. The summed E-state index contributed by atoms with van der Waals surface area (Å²) >= 11 is 0.599. The van der Waals surface area contributed by atoms with E-state index in [2.05, 4.69) is 10.2 Å². The molecule has 3 heterocycles. The Bertz CT molecular complexity index is 483. The van der Waals surface area contributed by atoms with Crippen molar-refractivity contribution in [3.8, 4) is 0 Å². The Morgan fingerprint density at radius 2 is 2.00 bits per heavy atom. The van der Waals surface area contributed by atoms with Gasteiger partial charge in [-0.05, 0) is 25.7 Å². The van der Waals surface area contributed by atoms with Gasteiger partial charge in [-0.25, -0.2) is 0 Å². The zero-order valence-corrected chi connectivity index (χ0v) is 12.8. The Labute approximate surface area is 130 Å². The third-order valence-electron chi connectivity index (χ3n) is 3.91. The molecule has 0 saturated carbocycles. The van der Waals surface area contributed by atoms with Gasteiger partial charge in [0, 0.05) is 19.7 Å². The molecule has 124 valence electrons. The zero-order valence-electron chi connectivity index (χ0n) is 12.0. The summed E-state index contributed by atoms with van der Waals surface area (Å²) in [6.45, 7) is 2.71. The summed E-state index contributed by atoms with van der Waals surface area (Å²) in [6.07, 6.45) is -0.361. The molecule has 0 aliphatic carbocycles. The third kappa shape index (κ3) is 3.88. The Morgan fingerprint density at radius 3 is 2.59 bits per heavy atom. The third-order valence-corrected chi connectivity index (χ3v) is 4.94. The molecule has 0 N–H and O–H groups in total. The topological polar surface area (TPSA) is 47.5 Å². The summed E-state index contributed by atoms with van der Waals surface area (Å²) in [5, 5.41) is 6.33. The van der Waals surface area contributed by atoms with Crippen molar-refractivity contribution in [2.75, 3.05) is 31.2 Å². The quantitative estimate of drug-likeness (QED) is 0.845. The fraction of sp³-hybridized carbons (Fsp3) is 0.846. The predicted molar refractivity (Wildman–Crippen MR) is 75.1 cm³/mol. The number of alkyl halides is 3. The van der Waals surface area contributed by atoms with E-state index in [1.165, 1.54) is 0 Å². The second-order valence-corrected chi connectivity index (χ2v) is 6.50. The van der Waals surface area contributed by atoms with E-state index in [1.807, 2.05) is 4.90 Å². The molecule has 0 aromatic carbocycles. The maximum absolute atomic E-state index is 12.5. The number of nitrogens with zero attached hydrogens (tertiary/aromatic N) is 3. The van der Waals surface area contributed by atoms with Crippen molar-refractivity contribution in [2.45, 2.75) is 44.1 Å². The smallest absolute Gasteiger partial charge is 0.376 e. The van der Waals surface area contributed by atoms with Crippen molar-refractivity contribution in [3.05, 3.63) is 5.01 Å². The molecular weight excluding hydrogens is 319 g/mol. The van der Waals surface area contributed by atoms with Gasteiger partial charge in [0.2, 0.25) is 10.1 Å². The van der Waals surface area contributed by atoms with E-state index in [0.717, 1.165) is 32.3 Å². The van der Waals surface area contributed by atoms with Gasteiger partial charge in [0.05, 0.1) is 18.8 Å². The highest BCUT2D eigenvalue weighted by atomic mass is 32.1. The number of hydrogen-bond acceptors (Lipinski definition) is 6. The van der Waals surface area contributed by atoms with E-state index in [-0.39, 0.29) is 12.2 Å². The normalized spacial score (nSPS) is 24.1. The van der Waals surface area contributed by atoms with Gasteiger partial charge in [-0.2, -0.15) is 13.2 Å². The van der Waals surface area contributed by atoms with Crippen LogP contribution in [-0.2, 0) is 15.7 Å². The lowest BCUT2D eigenvalue weighted by Crippen LogP contribution is -2.37. The van der Waals surface area contributed by atoms with Crippen LogP contribution in [0.3, 0.4) is 0 Å². The first-order valence-corrected chi connectivity index (χ1v) is 8.23. The van der Waals surface area contributed by atoms with E-state index in [4.69, 9.17) is 9.47 Å². The minimum atomic E-state index is -4.42. The number of ether oxygens (including phenoxy) is 2. The van der Waals surface area contributed by atoms with Crippen LogP contribution >= 0.6 is 11.3 Å². The van der Waals surface area contributed by atoms with Gasteiger partial charge >= 0.3 is 6.18 Å². The van der Waals surface area contributed by atoms with E-state index in [9.17, 15) is 13.2 Å². The molecule has 2 fully saturated rings. The molecule has 0 amide bonds. The minimum Gasteiger partial charge on any atom is -0.376 e. The molecule has 1 aromatic rings. The summed E-state index contributed by atoms with van der Waals surface area (Å²) in [7, 11) is 0. The lowest BCUT2D eigenvalue weighted by molar-refractivity contribution is -0.138. The van der Waals surface area contributed by atoms with Gasteiger partial charge in [0.25, 0.3) is 0 Å². The number of hydrogen-bond donors (Lipinski definition) is 0. The van der Waals surface area contributed by atoms with Gasteiger partial charge in [0.15, 0.2) is 0 Å². The molecule has 0 radical (unpaired) electrons.